The molecule has 1 N–H and O–H groups in total. The smallest absolute Gasteiger partial charge is 0.218 e. The van der Waals surface area contributed by atoms with E-state index in [4.69, 9.17) is 5.11 Å². The molecular formula is C15H23NO3S. The zero-order valence-corrected chi connectivity index (χ0v) is 12.8. The van der Waals surface area contributed by atoms with E-state index in [-0.39, 0.29) is 18.4 Å². The van der Waals surface area contributed by atoms with Crippen LogP contribution in [0, 0.1) is 0 Å². The Balaban J connectivity index is 2.11. The van der Waals surface area contributed by atoms with Crippen LogP contribution < -0.4 is 0 Å². The first-order valence-corrected chi connectivity index (χ1v) is 8.86. The summed E-state index contributed by atoms with van der Waals surface area (Å²) in [4.78, 5) is 0. The Hall–Kier alpha value is -0.910. The maximum Gasteiger partial charge on any atom is 0.218 e. The summed E-state index contributed by atoms with van der Waals surface area (Å²) >= 11 is 0. The van der Waals surface area contributed by atoms with Gasteiger partial charge in [-0.25, -0.2) is 8.42 Å². The molecule has 0 saturated heterocycles. The molecule has 1 aromatic carbocycles. The third-order valence-corrected chi connectivity index (χ3v) is 5.46. The Labute approximate surface area is 121 Å². The van der Waals surface area contributed by atoms with Gasteiger partial charge in [0.15, 0.2) is 0 Å². The Morgan fingerprint density at radius 2 is 2.00 bits per heavy atom. The van der Waals surface area contributed by atoms with Crippen molar-refractivity contribution >= 4 is 10.0 Å². The van der Waals surface area contributed by atoms with E-state index in [1.807, 2.05) is 6.07 Å². The molecule has 1 aliphatic rings. The van der Waals surface area contributed by atoms with E-state index in [9.17, 15) is 8.42 Å². The lowest BCUT2D eigenvalue weighted by Crippen LogP contribution is -2.35. The normalized spacial score (nSPS) is 15.8. The maximum absolute atomic E-state index is 12.6. The zero-order chi connectivity index (χ0) is 14.6. The van der Waals surface area contributed by atoms with E-state index < -0.39 is 10.0 Å². The molecule has 0 unspecified atom stereocenters. The van der Waals surface area contributed by atoms with Crippen molar-refractivity contribution in [3.8, 4) is 0 Å². The molecule has 2 rings (SSSR count). The second-order valence-electron chi connectivity index (χ2n) is 5.43. The fourth-order valence-corrected chi connectivity index (χ4v) is 4.18. The van der Waals surface area contributed by atoms with Crippen LogP contribution in [0.15, 0.2) is 24.3 Å². The molecule has 0 amide bonds. The molecule has 1 saturated carbocycles. The highest BCUT2D eigenvalue weighted by atomic mass is 32.2. The Kier molecular flexibility index (Phi) is 5.18. The van der Waals surface area contributed by atoms with Crippen molar-refractivity contribution in [3.63, 3.8) is 0 Å². The molecule has 0 aromatic heterocycles. The van der Waals surface area contributed by atoms with Gasteiger partial charge in [0.25, 0.3) is 0 Å². The molecule has 0 radical (unpaired) electrons. The summed E-state index contributed by atoms with van der Waals surface area (Å²) < 4.78 is 26.8. The lowest BCUT2D eigenvalue weighted by Gasteiger charge is -2.21. The van der Waals surface area contributed by atoms with Gasteiger partial charge in [0.05, 0.1) is 12.4 Å². The predicted octanol–water partition coefficient (Wildman–Crippen LogP) is 2.27. The number of rotatable bonds is 8. The van der Waals surface area contributed by atoms with E-state index in [2.05, 4.69) is 6.92 Å². The topological polar surface area (TPSA) is 57.6 Å². The fourth-order valence-electron chi connectivity index (χ4n) is 2.34. The first-order valence-electron chi connectivity index (χ1n) is 7.25. The predicted molar refractivity (Wildman–Crippen MR) is 79.6 cm³/mol. The average Bonchev–Trinajstić information content (AvgIpc) is 3.23. The number of benzene rings is 1. The molecule has 5 heteroatoms. The molecule has 1 aliphatic carbocycles. The van der Waals surface area contributed by atoms with Crippen LogP contribution >= 0.6 is 0 Å². The van der Waals surface area contributed by atoms with Crippen molar-refractivity contribution in [2.45, 2.75) is 51.0 Å². The molecule has 112 valence electrons. The molecular weight excluding hydrogens is 274 g/mol. The van der Waals surface area contributed by atoms with Crippen LogP contribution in [0.5, 0.6) is 0 Å². The summed E-state index contributed by atoms with van der Waals surface area (Å²) in [5.41, 5.74) is 1.50. The maximum atomic E-state index is 12.6. The molecule has 20 heavy (non-hydrogen) atoms. The summed E-state index contributed by atoms with van der Waals surface area (Å²) in [6.07, 6.45) is 3.88. The molecule has 0 atom stereocenters. The third-order valence-electron chi connectivity index (χ3n) is 3.57. The van der Waals surface area contributed by atoms with Crippen LogP contribution in [0.1, 0.15) is 43.7 Å². The van der Waals surface area contributed by atoms with Gasteiger partial charge in [0, 0.05) is 12.6 Å². The van der Waals surface area contributed by atoms with E-state index in [0.29, 0.717) is 6.54 Å². The molecule has 0 spiro atoms. The van der Waals surface area contributed by atoms with Gasteiger partial charge in [-0.1, -0.05) is 37.6 Å². The van der Waals surface area contributed by atoms with Crippen LogP contribution in [0.25, 0.3) is 0 Å². The van der Waals surface area contributed by atoms with Crippen molar-refractivity contribution in [1.29, 1.82) is 0 Å². The molecule has 0 bridgehead atoms. The van der Waals surface area contributed by atoms with Crippen molar-refractivity contribution in [2.75, 3.05) is 6.54 Å². The first-order chi connectivity index (χ1) is 9.56. The van der Waals surface area contributed by atoms with Gasteiger partial charge in [0.1, 0.15) is 0 Å². The van der Waals surface area contributed by atoms with Crippen LogP contribution in [0.2, 0.25) is 0 Å². The summed E-state index contributed by atoms with van der Waals surface area (Å²) in [5, 5.41) is 9.12. The minimum atomic E-state index is -3.26. The number of nitrogens with zero attached hydrogens (tertiary/aromatic N) is 1. The Morgan fingerprint density at radius 1 is 1.30 bits per heavy atom. The molecule has 1 aromatic rings. The number of unbranched alkanes of at least 4 members (excludes halogenated alkanes) is 1. The van der Waals surface area contributed by atoms with Gasteiger partial charge in [-0.15, -0.1) is 0 Å². The quantitative estimate of drug-likeness (QED) is 0.801. The van der Waals surface area contributed by atoms with Gasteiger partial charge < -0.3 is 5.11 Å². The Morgan fingerprint density at radius 3 is 2.60 bits per heavy atom. The minimum Gasteiger partial charge on any atom is -0.392 e. The molecule has 1 fully saturated rings. The van der Waals surface area contributed by atoms with Crippen LogP contribution in [-0.2, 0) is 22.4 Å². The van der Waals surface area contributed by atoms with Gasteiger partial charge in [-0.3, -0.25) is 0 Å². The van der Waals surface area contributed by atoms with Crippen molar-refractivity contribution in [2.24, 2.45) is 0 Å². The second-order valence-corrected chi connectivity index (χ2v) is 7.35. The highest BCUT2D eigenvalue weighted by Gasteiger charge is 2.36. The molecule has 0 aliphatic heterocycles. The molecule has 4 nitrogen and oxygen atoms in total. The number of sulfonamides is 1. The summed E-state index contributed by atoms with van der Waals surface area (Å²) in [6, 6.07) is 7.38. The van der Waals surface area contributed by atoms with Gasteiger partial charge in [-0.2, -0.15) is 4.31 Å². The largest absolute Gasteiger partial charge is 0.392 e. The van der Waals surface area contributed by atoms with Crippen LogP contribution in [0.3, 0.4) is 0 Å². The number of hydrogen-bond acceptors (Lipinski definition) is 3. The van der Waals surface area contributed by atoms with Crippen molar-refractivity contribution < 1.29 is 13.5 Å². The number of aliphatic hydroxyl groups is 1. The lowest BCUT2D eigenvalue weighted by atomic mass is 10.1. The summed E-state index contributed by atoms with van der Waals surface area (Å²) in [5.74, 6) is 0.0288. The zero-order valence-electron chi connectivity index (χ0n) is 12.0. The third kappa shape index (κ3) is 4.04. The number of hydrogen-bond donors (Lipinski definition) is 1. The second kappa shape index (κ2) is 6.70. The molecule has 0 heterocycles. The standard InChI is InChI=1S/C15H23NO3S/c1-2-3-9-16(15-7-8-15)20(18,19)12-14-6-4-5-13(10-14)11-17/h4-6,10,15,17H,2-3,7-9,11-12H2,1H3. The summed E-state index contributed by atoms with van der Waals surface area (Å²) in [7, 11) is -3.26. The van der Waals surface area contributed by atoms with E-state index in [1.165, 1.54) is 0 Å². The highest BCUT2D eigenvalue weighted by molar-refractivity contribution is 7.88. The highest BCUT2D eigenvalue weighted by Crippen LogP contribution is 2.30. The van der Waals surface area contributed by atoms with Crippen molar-refractivity contribution in [1.82, 2.24) is 4.31 Å². The van der Waals surface area contributed by atoms with Crippen LogP contribution in [0.4, 0.5) is 0 Å². The van der Waals surface area contributed by atoms with Gasteiger partial charge in [-0.05, 0) is 30.4 Å². The van der Waals surface area contributed by atoms with Crippen molar-refractivity contribution in [3.05, 3.63) is 35.4 Å². The minimum absolute atomic E-state index is 0.0288. The first kappa shape index (κ1) is 15.5. The van der Waals surface area contributed by atoms with E-state index in [0.717, 1.165) is 36.8 Å². The van der Waals surface area contributed by atoms with E-state index >= 15 is 0 Å². The van der Waals surface area contributed by atoms with Crippen LogP contribution in [-0.4, -0.2) is 30.4 Å². The monoisotopic (exact) mass is 297 g/mol. The Bertz CT molecular complexity index is 538. The fraction of sp³-hybridized carbons (Fsp3) is 0.600. The van der Waals surface area contributed by atoms with Gasteiger partial charge >= 0.3 is 0 Å². The van der Waals surface area contributed by atoms with E-state index in [1.54, 1.807) is 22.5 Å². The van der Waals surface area contributed by atoms with Gasteiger partial charge in [0.2, 0.25) is 10.0 Å². The lowest BCUT2D eigenvalue weighted by molar-refractivity contribution is 0.281. The SMILES string of the molecule is CCCCN(C1CC1)S(=O)(=O)Cc1cccc(CO)c1. The average molecular weight is 297 g/mol. The number of aliphatic hydroxyl groups excluding tert-OH is 1. The summed E-state index contributed by atoms with van der Waals surface area (Å²) in [6.45, 7) is 2.64.